The van der Waals surface area contributed by atoms with Crippen LogP contribution < -0.4 is 11.1 Å². The van der Waals surface area contributed by atoms with Crippen molar-refractivity contribution in [1.82, 2.24) is 5.32 Å². The van der Waals surface area contributed by atoms with Gasteiger partial charge < -0.3 is 11.1 Å². The molecule has 3 nitrogen and oxygen atoms in total. The Morgan fingerprint density at radius 1 is 1.39 bits per heavy atom. The molecule has 0 bridgehead atoms. The predicted molar refractivity (Wildman–Crippen MR) is 77.0 cm³/mol. The van der Waals surface area contributed by atoms with Crippen LogP contribution in [0.3, 0.4) is 0 Å². The first-order chi connectivity index (χ1) is 8.16. The minimum atomic E-state index is -0.0169. The lowest BCUT2D eigenvalue weighted by molar-refractivity contribution is 0.0927. The summed E-state index contributed by atoms with van der Waals surface area (Å²) in [6.45, 7) is 2.10. The summed E-state index contributed by atoms with van der Waals surface area (Å²) in [5.41, 5.74) is 6.95. The van der Waals surface area contributed by atoms with E-state index in [0.717, 1.165) is 0 Å². The third kappa shape index (κ3) is 3.64. The van der Waals surface area contributed by atoms with Gasteiger partial charge in [-0.2, -0.15) is 0 Å². The first kappa shape index (κ1) is 14.8. The lowest BCUT2D eigenvalue weighted by atomic mass is 9.99. The van der Waals surface area contributed by atoms with E-state index in [1.807, 2.05) is 6.07 Å². The number of nitrogens with one attached hydrogen (secondary N) is 1. The van der Waals surface area contributed by atoms with E-state index in [1.165, 1.54) is 25.7 Å². The SMILES string of the molecule is CC(NC(=O)c1cccc(N)c1)C1CCCC1.Cl. The fourth-order valence-corrected chi connectivity index (χ4v) is 2.55. The van der Waals surface area contributed by atoms with E-state index in [0.29, 0.717) is 17.2 Å². The molecule has 1 aliphatic rings. The summed E-state index contributed by atoms with van der Waals surface area (Å²) in [6, 6.07) is 7.37. The van der Waals surface area contributed by atoms with E-state index in [4.69, 9.17) is 5.73 Å². The number of carbonyl (C=O) groups is 1. The fraction of sp³-hybridized carbons (Fsp3) is 0.500. The van der Waals surface area contributed by atoms with Crippen LogP contribution in [0, 0.1) is 5.92 Å². The van der Waals surface area contributed by atoms with Crippen molar-refractivity contribution in [2.75, 3.05) is 5.73 Å². The first-order valence-corrected chi connectivity index (χ1v) is 6.33. The molecule has 1 aromatic rings. The van der Waals surface area contributed by atoms with Crippen LogP contribution in [0.5, 0.6) is 0 Å². The van der Waals surface area contributed by atoms with Gasteiger partial charge in [-0.25, -0.2) is 0 Å². The number of halogens is 1. The van der Waals surface area contributed by atoms with Gasteiger partial charge in [0.25, 0.3) is 5.91 Å². The number of nitrogen functional groups attached to an aromatic ring is 1. The van der Waals surface area contributed by atoms with Gasteiger partial charge in [-0.1, -0.05) is 18.9 Å². The summed E-state index contributed by atoms with van der Waals surface area (Å²) in [6.07, 6.45) is 5.06. The number of hydrogen-bond donors (Lipinski definition) is 2. The van der Waals surface area contributed by atoms with Crippen molar-refractivity contribution in [3.8, 4) is 0 Å². The number of rotatable bonds is 3. The average Bonchev–Trinajstić information content (AvgIpc) is 2.82. The molecule has 1 aromatic carbocycles. The van der Waals surface area contributed by atoms with E-state index >= 15 is 0 Å². The van der Waals surface area contributed by atoms with Gasteiger partial charge in [0.15, 0.2) is 0 Å². The normalized spacial score (nSPS) is 16.9. The van der Waals surface area contributed by atoms with Gasteiger partial charge in [-0.15, -0.1) is 12.4 Å². The number of anilines is 1. The number of hydrogen-bond acceptors (Lipinski definition) is 2. The molecule has 1 saturated carbocycles. The minimum Gasteiger partial charge on any atom is -0.399 e. The summed E-state index contributed by atoms with van der Waals surface area (Å²) in [5, 5.41) is 3.07. The summed E-state index contributed by atoms with van der Waals surface area (Å²) in [7, 11) is 0. The lowest BCUT2D eigenvalue weighted by Crippen LogP contribution is -2.37. The second-order valence-corrected chi connectivity index (χ2v) is 4.93. The highest BCUT2D eigenvalue weighted by atomic mass is 35.5. The van der Waals surface area contributed by atoms with Crippen LogP contribution in [0.25, 0.3) is 0 Å². The van der Waals surface area contributed by atoms with Crippen LogP contribution in [-0.2, 0) is 0 Å². The van der Waals surface area contributed by atoms with Gasteiger partial charge in [-0.05, 0) is 43.9 Å². The second kappa shape index (κ2) is 6.64. The van der Waals surface area contributed by atoms with E-state index < -0.39 is 0 Å². The third-order valence-corrected chi connectivity index (χ3v) is 3.61. The molecule has 2 rings (SSSR count). The highest BCUT2D eigenvalue weighted by Gasteiger charge is 2.22. The maximum absolute atomic E-state index is 12.0. The average molecular weight is 269 g/mol. The number of carbonyl (C=O) groups excluding carboxylic acids is 1. The Labute approximate surface area is 115 Å². The molecular weight excluding hydrogens is 248 g/mol. The van der Waals surface area contributed by atoms with Crippen molar-refractivity contribution in [3.63, 3.8) is 0 Å². The Morgan fingerprint density at radius 2 is 2.06 bits per heavy atom. The van der Waals surface area contributed by atoms with Gasteiger partial charge in [0, 0.05) is 17.3 Å². The molecule has 4 heteroatoms. The Balaban J connectivity index is 0.00000162. The molecule has 0 heterocycles. The lowest BCUT2D eigenvalue weighted by Gasteiger charge is -2.20. The molecule has 1 unspecified atom stereocenters. The van der Waals surface area contributed by atoms with Crippen LogP contribution in [0.2, 0.25) is 0 Å². The van der Waals surface area contributed by atoms with Crippen molar-refractivity contribution < 1.29 is 4.79 Å². The van der Waals surface area contributed by atoms with Crippen LogP contribution in [-0.4, -0.2) is 11.9 Å². The van der Waals surface area contributed by atoms with Crippen LogP contribution in [0.1, 0.15) is 43.0 Å². The second-order valence-electron chi connectivity index (χ2n) is 4.93. The minimum absolute atomic E-state index is 0. The largest absolute Gasteiger partial charge is 0.399 e. The molecule has 0 spiro atoms. The molecule has 1 fully saturated rings. The maximum atomic E-state index is 12.0. The molecule has 1 atom stereocenters. The molecule has 3 N–H and O–H groups in total. The summed E-state index contributed by atoms with van der Waals surface area (Å²) < 4.78 is 0. The van der Waals surface area contributed by atoms with Gasteiger partial charge in [0.2, 0.25) is 0 Å². The van der Waals surface area contributed by atoms with Crippen molar-refractivity contribution >= 4 is 24.0 Å². The Kier molecular flexibility index (Phi) is 5.48. The quantitative estimate of drug-likeness (QED) is 0.828. The van der Waals surface area contributed by atoms with E-state index in [9.17, 15) is 4.79 Å². The van der Waals surface area contributed by atoms with Crippen molar-refractivity contribution in [3.05, 3.63) is 29.8 Å². The van der Waals surface area contributed by atoms with Gasteiger partial charge in [-0.3, -0.25) is 4.79 Å². The molecule has 18 heavy (non-hydrogen) atoms. The zero-order chi connectivity index (χ0) is 12.3. The molecule has 0 saturated heterocycles. The highest BCUT2D eigenvalue weighted by Crippen LogP contribution is 2.27. The third-order valence-electron chi connectivity index (χ3n) is 3.61. The van der Waals surface area contributed by atoms with Gasteiger partial charge >= 0.3 is 0 Å². The van der Waals surface area contributed by atoms with E-state index in [-0.39, 0.29) is 24.4 Å². The van der Waals surface area contributed by atoms with E-state index in [1.54, 1.807) is 18.2 Å². The predicted octanol–water partition coefficient (Wildman–Crippen LogP) is 3.00. The molecule has 0 aliphatic heterocycles. The molecule has 100 valence electrons. The highest BCUT2D eigenvalue weighted by molar-refractivity contribution is 5.95. The monoisotopic (exact) mass is 268 g/mol. The first-order valence-electron chi connectivity index (χ1n) is 6.33. The van der Waals surface area contributed by atoms with Gasteiger partial charge in [0.1, 0.15) is 0 Å². The zero-order valence-corrected chi connectivity index (χ0v) is 11.5. The number of amides is 1. The van der Waals surface area contributed by atoms with Crippen LogP contribution in [0.4, 0.5) is 5.69 Å². The molecule has 0 radical (unpaired) electrons. The fourth-order valence-electron chi connectivity index (χ4n) is 2.55. The maximum Gasteiger partial charge on any atom is 0.251 e. The number of benzene rings is 1. The smallest absolute Gasteiger partial charge is 0.251 e. The number of nitrogens with two attached hydrogens (primary N) is 1. The van der Waals surface area contributed by atoms with Gasteiger partial charge in [0.05, 0.1) is 0 Å². The Hall–Kier alpha value is -1.22. The zero-order valence-electron chi connectivity index (χ0n) is 10.7. The van der Waals surface area contributed by atoms with Crippen molar-refractivity contribution in [2.45, 2.75) is 38.6 Å². The molecule has 1 aliphatic carbocycles. The summed E-state index contributed by atoms with van der Waals surface area (Å²) >= 11 is 0. The molecule has 1 amide bonds. The van der Waals surface area contributed by atoms with E-state index in [2.05, 4.69) is 12.2 Å². The molecular formula is C14H21ClN2O. The topological polar surface area (TPSA) is 55.1 Å². The van der Waals surface area contributed by atoms with Crippen molar-refractivity contribution in [1.29, 1.82) is 0 Å². The summed E-state index contributed by atoms with van der Waals surface area (Å²) in [4.78, 5) is 12.0. The summed E-state index contributed by atoms with van der Waals surface area (Å²) in [5.74, 6) is 0.622. The Morgan fingerprint density at radius 3 is 2.67 bits per heavy atom. The standard InChI is InChI=1S/C14H20N2O.ClH/c1-10(11-5-2-3-6-11)16-14(17)12-7-4-8-13(15)9-12;/h4,7-11H,2-3,5-6,15H2,1H3,(H,16,17);1H. The Bertz CT molecular complexity index is 403. The van der Waals surface area contributed by atoms with Crippen molar-refractivity contribution in [2.24, 2.45) is 5.92 Å². The molecule has 0 aromatic heterocycles. The van der Waals surface area contributed by atoms with Crippen LogP contribution in [0.15, 0.2) is 24.3 Å². The van der Waals surface area contributed by atoms with Crippen LogP contribution >= 0.6 is 12.4 Å².